The van der Waals surface area contributed by atoms with E-state index < -0.39 is 0 Å². The zero-order valence-electron chi connectivity index (χ0n) is 11.2. The highest BCUT2D eigenvalue weighted by molar-refractivity contribution is 7.80. The molecule has 4 heteroatoms. The lowest BCUT2D eigenvalue weighted by atomic mass is 10.1. The number of hydrogen-bond donors (Lipinski definition) is 2. The molecule has 102 valence electrons. The summed E-state index contributed by atoms with van der Waals surface area (Å²) in [4.78, 5) is 11.9. The summed E-state index contributed by atoms with van der Waals surface area (Å²) < 4.78 is 0. The van der Waals surface area contributed by atoms with E-state index in [1.165, 1.54) is 0 Å². The van der Waals surface area contributed by atoms with Crippen molar-refractivity contribution >= 4 is 23.2 Å². The van der Waals surface area contributed by atoms with Crippen LogP contribution in [0.2, 0.25) is 0 Å². The van der Waals surface area contributed by atoms with Crippen molar-refractivity contribution in [3.8, 4) is 0 Å². The van der Waals surface area contributed by atoms with Gasteiger partial charge >= 0.3 is 0 Å². The molecule has 0 aliphatic carbocycles. The van der Waals surface area contributed by atoms with Crippen LogP contribution < -0.4 is 10.6 Å². The molecular weight excluding hydrogens is 268 g/mol. The molecule has 0 aliphatic heterocycles. The minimum Gasteiger partial charge on any atom is -0.356 e. The molecule has 0 spiro atoms. The SMILES string of the molecule is C[C@@H](NC(=S)NC(=O)c1ccccc1)c1ccccc1. The van der Waals surface area contributed by atoms with Gasteiger partial charge < -0.3 is 5.32 Å². The molecule has 20 heavy (non-hydrogen) atoms. The maximum atomic E-state index is 11.9. The van der Waals surface area contributed by atoms with Crippen LogP contribution in [0, 0.1) is 0 Å². The van der Waals surface area contributed by atoms with Gasteiger partial charge in [0.1, 0.15) is 0 Å². The standard InChI is InChI=1S/C16H16N2OS/c1-12(13-8-4-2-5-9-13)17-16(20)18-15(19)14-10-6-3-7-11-14/h2-12H,1H3,(H2,17,18,19,20)/t12-/m1/s1. The van der Waals surface area contributed by atoms with Crippen molar-refractivity contribution in [1.29, 1.82) is 0 Å². The second kappa shape index (κ2) is 6.82. The summed E-state index contributed by atoms with van der Waals surface area (Å²) >= 11 is 5.16. The van der Waals surface area contributed by atoms with E-state index in [4.69, 9.17) is 12.2 Å². The Morgan fingerprint density at radius 2 is 1.55 bits per heavy atom. The lowest BCUT2D eigenvalue weighted by Crippen LogP contribution is -2.40. The average Bonchev–Trinajstić information content (AvgIpc) is 2.49. The van der Waals surface area contributed by atoms with E-state index in [0.717, 1.165) is 5.56 Å². The van der Waals surface area contributed by atoms with Crippen molar-refractivity contribution in [2.75, 3.05) is 0 Å². The molecule has 0 aliphatic rings. The van der Waals surface area contributed by atoms with Crippen molar-refractivity contribution in [2.45, 2.75) is 13.0 Å². The Kier molecular flexibility index (Phi) is 4.85. The molecule has 3 nitrogen and oxygen atoms in total. The molecule has 0 radical (unpaired) electrons. The van der Waals surface area contributed by atoms with Gasteiger partial charge in [0.2, 0.25) is 0 Å². The van der Waals surface area contributed by atoms with Gasteiger partial charge in [0, 0.05) is 5.56 Å². The number of hydrogen-bond acceptors (Lipinski definition) is 2. The van der Waals surface area contributed by atoms with Crippen LogP contribution in [-0.4, -0.2) is 11.0 Å². The van der Waals surface area contributed by atoms with Crippen molar-refractivity contribution in [1.82, 2.24) is 10.6 Å². The second-order valence-electron chi connectivity index (χ2n) is 4.43. The van der Waals surface area contributed by atoms with Gasteiger partial charge in [-0.05, 0) is 36.8 Å². The van der Waals surface area contributed by atoms with Crippen LogP contribution in [0.5, 0.6) is 0 Å². The number of benzene rings is 2. The molecular formula is C16H16N2OS. The molecule has 2 aromatic carbocycles. The zero-order chi connectivity index (χ0) is 14.4. The lowest BCUT2D eigenvalue weighted by Gasteiger charge is -2.16. The Morgan fingerprint density at radius 1 is 1.00 bits per heavy atom. The molecule has 1 atom stereocenters. The summed E-state index contributed by atoms with van der Waals surface area (Å²) in [7, 11) is 0. The van der Waals surface area contributed by atoms with Crippen LogP contribution in [0.3, 0.4) is 0 Å². The molecule has 2 aromatic rings. The van der Waals surface area contributed by atoms with E-state index in [9.17, 15) is 4.79 Å². The summed E-state index contributed by atoms with van der Waals surface area (Å²) in [5.41, 5.74) is 1.70. The smallest absolute Gasteiger partial charge is 0.257 e. The number of carbonyl (C=O) groups excluding carboxylic acids is 1. The number of thiocarbonyl (C=S) groups is 1. The van der Waals surface area contributed by atoms with E-state index in [2.05, 4.69) is 10.6 Å². The van der Waals surface area contributed by atoms with Gasteiger partial charge in [-0.25, -0.2) is 0 Å². The van der Waals surface area contributed by atoms with Crippen molar-refractivity contribution in [3.63, 3.8) is 0 Å². The molecule has 1 amide bonds. The normalized spacial score (nSPS) is 11.4. The molecule has 2 N–H and O–H groups in total. The van der Waals surface area contributed by atoms with Gasteiger partial charge in [-0.2, -0.15) is 0 Å². The topological polar surface area (TPSA) is 41.1 Å². The van der Waals surface area contributed by atoms with E-state index in [0.29, 0.717) is 10.7 Å². The Hall–Kier alpha value is -2.20. The first-order valence-corrected chi connectivity index (χ1v) is 6.79. The minimum absolute atomic E-state index is 0.0415. The predicted octanol–water partition coefficient (Wildman–Crippen LogP) is 3.05. The molecule has 0 saturated heterocycles. The fraction of sp³-hybridized carbons (Fsp3) is 0.125. The van der Waals surface area contributed by atoms with Crippen LogP contribution >= 0.6 is 12.2 Å². The van der Waals surface area contributed by atoms with E-state index in [1.807, 2.05) is 55.5 Å². The molecule has 2 rings (SSSR count). The van der Waals surface area contributed by atoms with Crippen LogP contribution in [0.4, 0.5) is 0 Å². The summed E-state index contributed by atoms with van der Waals surface area (Å²) in [5.74, 6) is -0.205. The Morgan fingerprint density at radius 3 is 2.15 bits per heavy atom. The highest BCUT2D eigenvalue weighted by Crippen LogP contribution is 2.10. The fourth-order valence-corrected chi connectivity index (χ4v) is 2.09. The highest BCUT2D eigenvalue weighted by Gasteiger charge is 2.10. The first-order chi connectivity index (χ1) is 9.66. The van der Waals surface area contributed by atoms with Gasteiger partial charge in [0.25, 0.3) is 5.91 Å². The minimum atomic E-state index is -0.205. The van der Waals surface area contributed by atoms with Crippen LogP contribution in [0.15, 0.2) is 60.7 Å². The molecule has 0 unspecified atom stereocenters. The number of nitrogens with one attached hydrogen (secondary N) is 2. The number of rotatable bonds is 3. The van der Waals surface area contributed by atoms with Gasteiger partial charge in [-0.15, -0.1) is 0 Å². The Balaban J connectivity index is 1.91. The molecule has 0 heterocycles. The van der Waals surface area contributed by atoms with Gasteiger partial charge in [-0.1, -0.05) is 48.5 Å². The van der Waals surface area contributed by atoms with Crippen LogP contribution in [0.25, 0.3) is 0 Å². The summed E-state index contributed by atoms with van der Waals surface area (Å²) in [5, 5.41) is 6.10. The molecule has 0 bridgehead atoms. The molecule has 0 saturated carbocycles. The monoisotopic (exact) mass is 284 g/mol. The van der Waals surface area contributed by atoms with Gasteiger partial charge in [0.15, 0.2) is 5.11 Å². The maximum absolute atomic E-state index is 11.9. The number of carbonyl (C=O) groups is 1. The third kappa shape index (κ3) is 3.90. The van der Waals surface area contributed by atoms with E-state index >= 15 is 0 Å². The van der Waals surface area contributed by atoms with E-state index in [1.54, 1.807) is 12.1 Å². The number of amides is 1. The predicted molar refractivity (Wildman–Crippen MR) is 84.5 cm³/mol. The Bertz CT molecular complexity index is 584. The largest absolute Gasteiger partial charge is 0.356 e. The Labute approximate surface area is 124 Å². The third-order valence-electron chi connectivity index (χ3n) is 2.91. The van der Waals surface area contributed by atoms with Crippen molar-refractivity contribution in [3.05, 3.63) is 71.8 Å². The lowest BCUT2D eigenvalue weighted by molar-refractivity contribution is 0.0976. The first kappa shape index (κ1) is 14.2. The van der Waals surface area contributed by atoms with Gasteiger partial charge in [-0.3, -0.25) is 10.1 Å². The molecule has 0 fully saturated rings. The van der Waals surface area contributed by atoms with Crippen LogP contribution in [0.1, 0.15) is 28.9 Å². The van der Waals surface area contributed by atoms with Crippen molar-refractivity contribution < 1.29 is 4.79 Å². The summed E-state index contributed by atoms with van der Waals surface area (Å²) in [6, 6.07) is 19.0. The third-order valence-corrected chi connectivity index (χ3v) is 3.13. The summed E-state index contributed by atoms with van der Waals surface area (Å²) in [6.45, 7) is 2.00. The molecule has 0 aromatic heterocycles. The average molecular weight is 284 g/mol. The van der Waals surface area contributed by atoms with Gasteiger partial charge in [0.05, 0.1) is 6.04 Å². The fourth-order valence-electron chi connectivity index (χ4n) is 1.82. The van der Waals surface area contributed by atoms with Crippen LogP contribution in [-0.2, 0) is 0 Å². The maximum Gasteiger partial charge on any atom is 0.257 e. The van der Waals surface area contributed by atoms with Crippen molar-refractivity contribution in [2.24, 2.45) is 0 Å². The second-order valence-corrected chi connectivity index (χ2v) is 4.83. The summed E-state index contributed by atoms with van der Waals surface area (Å²) in [6.07, 6.45) is 0. The zero-order valence-corrected chi connectivity index (χ0v) is 12.0. The first-order valence-electron chi connectivity index (χ1n) is 6.38. The quantitative estimate of drug-likeness (QED) is 0.851. The highest BCUT2D eigenvalue weighted by atomic mass is 32.1. The van der Waals surface area contributed by atoms with E-state index in [-0.39, 0.29) is 11.9 Å².